The lowest BCUT2D eigenvalue weighted by molar-refractivity contribution is 0.0527. The molecule has 13 heteroatoms. The second-order valence-electron chi connectivity index (χ2n) is 10.5. The maximum Gasteiger partial charge on any atom is 0.407 e. The number of aryl methyl sites for hydroxylation is 1. The average molecular weight is 607 g/mol. The van der Waals surface area contributed by atoms with Crippen molar-refractivity contribution in [3.05, 3.63) is 51.6 Å². The van der Waals surface area contributed by atoms with E-state index in [4.69, 9.17) is 4.74 Å². The molecule has 1 unspecified atom stereocenters. The van der Waals surface area contributed by atoms with Crippen molar-refractivity contribution in [2.24, 2.45) is 5.41 Å². The summed E-state index contributed by atoms with van der Waals surface area (Å²) in [4.78, 5) is 45.4. The Labute approximate surface area is 244 Å². The Morgan fingerprint density at radius 2 is 2.05 bits per heavy atom. The van der Waals surface area contributed by atoms with Crippen molar-refractivity contribution in [1.82, 2.24) is 14.8 Å². The van der Waals surface area contributed by atoms with Crippen LogP contribution < -0.4 is 10.1 Å². The maximum atomic E-state index is 16.2. The van der Waals surface area contributed by atoms with Gasteiger partial charge in [-0.25, -0.2) is 14.2 Å². The van der Waals surface area contributed by atoms with E-state index in [0.717, 1.165) is 11.8 Å². The van der Waals surface area contributed by atoms with Crippen LogP contribution in [0.15, 0.2) is 38.2 Å². The van der Waals surface area contributed by atoms with Gasteiger partial charge in [-0.1, -0.05) is 43.9 Å². The van der Waals surface area contributed by atoms with Gasteiger partial charge in [-0.3, -0.25) is 14.9 Å². The molecule has 1 aromatic carbocycles. The lowest BCUT2D eigenvalue weighted by Gasteiger charge is -2.40. The van der Waals surface area contributed by atoms with E-state index in [1.165, 1.54) is 39.6 Å². The fraction of sp³-hybridized carbons (Fsp3) is 0.407. The standard InChI is InChI=1S/C27H31FN4O5S3/c1-14-11-17(37-6)19(24(34)31(5)16-7-9-32(26(35)36)22(16)27(2,3)4)20(28)21(14)39-18-12-29-25(40-18)30-23(33)15-8-10-38-13-15/h8,10-13,16,22H,7,9H2,1-6H3,(H,35,36)(H,29,30,33)/t16?,22-/m0/s1. The number of ether oxygens (including phenoxy) is 1. The van der Waals surface area contributed by atoms with Gasteiger partial charge in [0.1, 0.15) is 11.3 Å². The summed E-state index contributed by atoms with van der Waals surface area (Å²) in [6.07, 6.45) is 0.938. The molecule has 2 N–H and O–H groups in total. The zero-order chi connectivity index (χ0) is 29.4. The minimum absolute atomic E-state index is 0.101. The monoisotopic (exact) mass is 606 g/mol. The van der Waals surface area contributed by atoms with Crippen molar-refractivity contribution < 1.29 is 28.6 Å². The largest absolute Gasteiger partial charge is 0.496 e. The molecule has 0 bridgehead atoms. The molecule has 1 aliphatic rings. The van der Waals surface area contributed by atoms with Crippen LogP contribution in [-0.2, 0) is 0 Å². The summed E-state index contributed by atoms with van der Waals surface area (Å²) in [6.45, 7) is 7.79. The first-order valence-electron chi connectivity index (χ1n) is 12.4. The minimum Gasteiger partial charge on any atom is -0.496 e. The summed E-state index contributed by atoms with van der Waals surface area (Å²) in [5.74, 6) is -1.49. The number of hydrogen-bond donors (Lipinski definition) is 2. The highest BCUT2D eigenvalue weighted by Crippen LogP contribution is 2.42. The van der Waals surface area contributed by atoms with Gasteiger partial charge < -0.3 is 19.6 Å². The van der Waals surface area contributed by atoms with Gasteiger partial charge in [-0.15, -0.1) is 0 Å². The molecule has 9 nitrogen and oxygen atoms in total. The number of amides is 3. The van der Waals surface area contributed by atoms with Crippen LogP contribution in [0.2, 0.25) is 0 Å². The number of hydrogen-bond acceptors (Lipinski definition) is 8. The lowest BCUT2D eigenvalue weighted by atomic mass is 9.82. The number of carboxylic acid groups (broad SMARTS) is 1. The van der Waals surface area contributed by atoms with E-state index in [1.54, 1.807) is 37.7 Å². The number of likely N-dealkylation sites (tertiary alicyclic amines) is 1. The Morgan fingerprint density at radius 3 is 2.65 bits per heavy atom. The van der Waals surface area contributed by atoms with Gasteiger partial charge in [0.05, 0.1) is 40.1 Å². The Bertz CT molecular complexity index is 1420. The van der Waals surface area contributed by atoms with Crippen molar-refractivity contribution in [3.63, 3.8) is 0 Å². The van der Waals surface area contributed by atoms with Crippen LogP contribution in [0.4, 0.5) is 14.3 Å². The topological polar surface area (TPSA) is 112 Å². The summed E-state index contributed by atoms with van der Waals surface area (Å²) >= 11 is 3.72. The molecule has 3 amide bonds. The number of nitrogens with zero attached hydrogens (tertiary/aromatic N) is 3. The van der Waals surface area contributed by atoms with E-state index in [-0.39, 0.29) is 28.7 Å². The van der Waals surface area contributed by atoms with Crippen molar-refractivity contribution in [2.75, 3.05) is 26.0 Å². The predicted octanol–water partition coefficient (Wildman–Crippen LogP) is 6.30. The van der Waals surface area contributed by atoms with Crippen LogP contribution in [0.5, 0.6) is 5.75 Å². The predicted molar refractivity (Wildman–Crippen MR) is 155 cm³/mol. The molecule has 214 valence electrons. The molecule has 0 saturated carbocycles. The first-order chi connectivity index (χ1) is 18.8. The average Bonchev–Trinajstić information content (AvgIpc) is 3.66. The molecule has 3 aromatic rings. The van der Waals surface area contributed by atoms with E-state index in [2.05, 4.69) is 10.3 Å². The highest BCUT2D eigenvalue weighted by molar-refractivity contribution is 8.01. The number of aromatic nitrogens is 1. The van der Waals surface area contributed by atoms with Crippen molar-refractivity contribution in [3.8, 4) is 5.75 Å². The summed E-state index contributed by atoms with van der Waals surface area (Å²) < 4.78 is 22.2. The van der Waals surface area contributed by atoms with Gasteiger partial charge in [0.15, 0.2) is 10.9 Å². The molecule has 2 aromatic heterocycles. The number of rotatable bonds is 7. The second-order valence-corrected chi connectivity index (χ2v) is 13.6. The molecule has 2 atom stereocenters. The third kappa shape index (κ3) is 5.96. The smallest absolute Gasteiger partial charge is 0.407 e. The summed E-state index contributed by atoms with van der Waals surface area (Å²) in [5.41, 5.74) is 0.436. The number of thiophene rings is 1. The molecular formula is C27H31FN4O5S3. The summed E-state index contributed by atoms with van der Waals surface area (Å²) in [5, 5.41) is 16.4. The van der Waals surface area contributed by atoms with E-state index in [1.807, 2.05) is 26.2 Å². The Balaban J connectivity index is 1.62. The van der Waals surface area contributed by atoms with Gasteiger partial charge in [0.2, 0.25) is 0 Å². The first-order valence-corrected chi connectivity index (χ1v) is 15.0. The van der Waals surface area contributed by atoms with E-state index >= 15 is 4.39 Å². The third-order valence-corrected chi connectivity index (χ3v) is 9.72. The number of benzene rings is 1. The molecule has 1 aliphatic heterocycles. The van der Waals surface area contributed by atoms with Gasteiger partial charge in [0, 0.05) is 19.0 Å². The SMILES string of the molecule is COc1cc(C)c(Sc2cnc(NC(=O)c3ccsc3)s2)c(F)c1C(=O)N(C)C1CCN(C(=O)O)[C@@H]1C(C)(C)C. The second kappa shape index (κ2) is 11.8. The minimum atomic E-state index is -1.04. The molecule has 0 radical (unpaired) electrons. The Hall–Kier alpha value is -3.16. The van der Waals surface area contributed by atoms with E-state index in [9.17, 15) is 19.5 Å². The normalized spacial score (nSPS) is 17.1. The number of carbonyl (C=O) groups is 3. The highest BCUT2D eigenvalue weighted by Gasteiger charge is 2.47. The number of halogens is 1. The molecule has 4 rings (SSSR count). The molecule has 0 spiro atoms. The molecule has 1 saturated heterocycles. The quantitative estimate of drug-likeness (QED) is 0.325. The Morgan fingerprint density at radius 1 is 1.32 bits per heavy atom. The van der Waals surface area contributed by atoms with Crippen LogP contribution in [0.3, 0.4) is 0 Å². The lowest BCUT2D eigenvalue weighted by Crippen LogP contribution is -2.53. The van der Waals surface area contributed by atoms with Gasteiger partial charge in [-0.05, 0) is 41.8 Å². The molecule has 3 heterocycles. The number of carbonyl (C=O) groups excluding carboxylic acids is 2. The van der Waals surface area contributed by atoms with Gasteiger partial charge >= 0.3 is 6.09 Å². The summed E-state index contributed by atoms with van der Waals surface area (Å²) in [7, 11) is 2.96. The van der Waals surface area contributed by atoms with Gasteiger partial charge in [-0.2, -0.15) is 11.3 Å². The molecule has 1 fully saturated rings. The van der Waals surface area contributed by atoms with Crippen LogP contribution in [0, 0.1) is 18.2 Å². The number of thiazole rings is 1. The number of likely N-dealkylation sites (N-methyl/N-ethyl adjacent to an activating group) is 1. The van der Waals surface area contributed by atoms with Crippen LogP contribution in [-0.4, -0.2) is 70.6 Å². The van der Waals surface area contributed by atoms with Crippen molar-refractivity contribution in [1.29, 1.82) is 0 Å². The van der Waals surface area contributed by atoms with Gasteiger partial charge in [0.25, 0.3) is 11.8 Å². The number of nitrogens with one attached hydrogen (secondary N) is 1. The summed E-state index contributed by atoms with van der Waals surface area (Å²) in [6, 6.07) is 2.42. The van der Waals surface area contributed by atoms with E-state index in [0.29, 0.717) is 26.9 Å². The van der Waals surface area contributed by atoms with E-state index < -0.39 is 35.3 Å². The van der Waals surface area contributed by atoms with Crippen LogP contribution in [0.25, 0.3) is 0 Å². The Kier molecular flexibility index (Phi) is 8.76. The fourth-order valence-electron chi connectivity index (χ4n) is 5.01. The number of methoxy groups -OCH3 is 1. The maximum absolute atomic E-state index is 16.2. The van der Waals surface area contributed by atoms with Crippen molar-refractivity contribution >= 4 is 57.5 Å². The highest BCUT2D eigenvalue weighted by atomic mass is 32.2. The zero-order valence-electron chi connectivity index (χ0n) is 23.0. The molecular weight excluding hydrogens is 576 g/mol. The van der Waals surface area contributed by atoms with Crippen molar-refractivity contribution in [2.45, 2.75) is 55.3 Å². The molecule has 40 heavy (non-hydrogen) atoms. The van der Waals surface area contributed by atoms with Crippen LogP contribution in [0.1, 0.15) is 53.5 Å². The van der Waals surface area contributed by atoms with Crippen LogP contribution >= 0.6 is 34.4 Å². The number of anilines is 1. The first kappa shape index (κ1) is 29.8. The molecule has 0 aliphatic carbocycles. The third-order valence-electron chi connectivity index (χ3n) is 6.81. The zero-order valence-corrected chi connectivity index (χ0v) is 25.4. The fourth-order valence-corrected chi connectivity index (χ4v) is 7.56.